The molecule has 0 fully saturated rings. The molecule has 0 saturated heterocycles. The van der Waals surface area contributed by atoms with Gasteiger partial charge >= 0.3 is 0 Å². The van der Waals surface area contributed by atoms with E-state index < -0.39 is 11.5 Å². The van der Waals surface area contributed by atoms with Crippen LogP contribution in [0.4, 0.5) is 0 Å². The van der Waals surface area contributed by atoms with Crippen LogP contribution < -0.4 is 0 Å². The molecule has 0 amide bonds. The van der Waals surface area contributed by atoms with Crippen LogP contribution in [-0.2, 0) is 11.8 Å². The average Bonchev–Trinajstić information content (AvgIpc) is 2.87. The number of aliphatic hydroxyl groups excluding tert-OH is 1. The summed E-state index contributed by atoms with van der Waals surface area (Å²) in [6.07, 6.45) is 0.394. The summed E-state index contributed by atoms with van der Waals surface area (Å²) < 4.78 is 0. The summed E-state index contributed by atoms with van der Waals surface area (Å²) in [7, 11) is 0. The summed E-state index contributed by atoms with van der Waals surface area (Å²) in [6.45, 7) is 0. The zero-order valence-electron chi connectivity index (χ0n) is 11.2. The highest BCUT2D eigenvalue weighted by molar-refractivity contribution is 6.35. The minimum Gasteiger partial charge on any atom is -0.386 e. The van der Waals surface area contributed by atoms with Gasteiger partial charge in [0.05, 0.1) is 6.07 Å². The summed E-state index contributed by atoms with van der Waals surface area (Å²) in [5, 5.41) is 21.5. The largest absolute Gasteiger partial charge is 0.386 e. The third-order valence-corrected chi connectivity index (χ3v) is 4.77. The van der Waals surface area contributed by atoms with Crippen molar-refractivity contribution < 1.29 is 5.11 Å². The lowest BCUT2D eigenvalue weighted by Gasteiger charge is -2.29. The van der Waals surface area contributed by atoms with Crippen molar-refractivity contribution in [1.29, 1.82) is 5.26 Å². The van der Waals surface area contributed by atoms with Gasteiger partial charge in [0, 0.05) is 15.6 Å². The van der Waals surface area contributed by atoms with Crippen LogP contribution in [-0.4, -0.2) is 5.11 Å². The second-order valence-corrected chi connectivity index (χ2v) is 6.15. The minimum atomic E-state index is -0.976. The van der Waals surface area contributed by atoms with Gasteiger partial charge in [-0.3, -0.25) is 0 Å². The number of nitrogens with zero attached hydrogens (tertiary/aromatic N) is 1. The first-order chi connectivity index (χ1) is 10.1. The molecule has 2 unspecified atom stereocenters. The van der Waals surface area contributed by atoms with Crippen LogP contribution in [0, 0.1) is 11.3 Å². The lowest BCUT2D eigenvalue weighted by Crippen LogP contribution is -2.30. The Morgan fingerprint density at radius 2 is 1.95 bits per heavy atom. The molecule has 106 valence electrons. The molecule has 0 bridgehead atoms. The Balaban J connectivity index is 2.11. The Morgan fingerprint density at radius 3 is 2.67 bits per heavy atom. The van der Waals surface area contributed by atoms with E-state index in [1.807, 2.05) is 24.3 Å². The summed E-state index contributed by atoms with van der Waals surface area (Å²) in [6, 6.07) is 15.1. The standard InChI is InChI=1S/C17H13Cl2NO/c18-12-5-6-13(15(19)9-12)16(21)17(10-20)8-7-11-3-1-2-4-14(11)17/h1-6,9,16,21H,7-8H2. The number of aliphatic hydroxyl groups is 1. The maximum atomic E-state index is 10.8. The predicted octanol–water partition coefficient (Wildman–Crippen LogP) is 4.43. The third-order valence-electron chi connectivity index (χ3n) is 4.21. The Bertz CT molecular complexity index is 738. The van der Waals surface area contributed by atoms with E-state index in [2.05, 4.69) is 6.07 Å². The molecule has 2 nitrogen and oxygen atoms in total. The topological polar surface area (TPSA) is 44.0 Å². The molecule has 4 heteroatoms. The molecule has 21 heavy (non-hydrogen) atoms. The quantitative estimate of drug-likeness (QED) is 0.890. The van der Waals surface area contributed by atoms with Crippen LogP contribution in [0.3, 0.4) is 0 Å². The van der Waals surface area contributed by atoms with Crippen molar-refractivity contribution in [1.82, 2.24) is 0 Å². The summed E-state index contributed by atoms with van der Waals surface area (Å²) in [4.78, 5) is 0. The first-order valence-corrected chi connectivity index (χ1v) is 7.47. The Labute approximate surface area is 133 Å². The number of rotatable bonds is 2. The van der Waals surface area contributed by atoms with Gasteiger partial charge < -0.3 is 5.11 Å². The number of benzene rings is 2. The van der Waals surface area contributed by atoms with E-state index >= 15 is 0 Å². The molecule has 3 rings (SSSR count). The van der Waals surface area contributed by atoms with Crippen LogP contribution in [0.2, 0.25) is 10.0 Å². The molecule has 1 aliphatic carbocycles. The van der Waals surface area contributed by atoms with E-state index in [-0.39, 0.29) is 0 Å². The number of fused-ring (bicyclic) bond motifs is 1. The van der Waals surface area contributed by atoms with E-state index in [0.29, 0.717) is 22.0 Å². The van der Waals surface area contributed by atoms with Crippen LogP contribution in [0.15, 0.2) is 42.5 Å². The van der Waals surface area contributed by atoms with Gasteiger partial charge in [-0.05, 0) is 36.1 Å². The highest BCUT2D eigenvalue weighted by atomic mass is 35.5. The van der Waals surface area contributed by atoms with Gasteiger partial charge in [0.25, 0.3) is 0 Å². The van der Waals surface area contributed by atoms with Crippen LogP contribution in [0.25, 0.3) is 0 Å². The second-order valence-electron chi connectivity index (χ2n) is 5.31. The highest BCUT2D eigenvalue weighted by Crippen LogP contribution is 2.48. The number of nitriles is 1. The van der Waals surface area contributed by atoms with E-state index in [0.717, 1.165) is 17.5 Å². The molecular formula is C17H13Cl2NO. The average molecular weight is 318 g/mol. The first-order valence-electron chi connectivity index (χ1n) is 6.71. The minimum absolute atomic E-state index is 0.383. The molecule has 0 radical (unpaired) electrons. The SMILES string of the molecule is N#CC1(C(O)c2ccc(Cl)cc2Cl)CCc2ccccc21. The Morgan fingerprint density at radius 1 is 1.19 bits per heavy atom. The van der Waals surface area contributed by atoms with Gasteiger partial charge in [-0.25, -0.2) is 0 Å². The van der Waals surface area contributed by atoms with Crippen LogP contribution in [0.1, 0.15) is 29.2 Å². The van der Waals surface area contributed by atoms with E-state index in [1.54, 1.807) is 18.2 Å². The number of hydrogen-bond acceptors (Lipinski definition) is 2. The van der Waals surface area contributed by atoms with E-state index in [4.69, 9.17) is 23.2 Å². The third kappa shape index (κ3) is 2.22. The zero-order valence-corrected chi connectivity index (χ0v) is 12.7. The maximum Gasteiger partial charge on any atom is 0.113 e. The fourth-order valence-electron chi connectivity index (χ4n) is 3.09. The fourth-order valence-corrected chi connectivity index (χ4v) is 3.60. The number of aryl methyl sites for hydroxylation is 1. The highest BCUT2D eigenvalue weighted by Gasteiger charge is 2.46. The van der Waals surface area contributed by atoms with Gasteiger partial charge in [0.1, 0.15) is 11.5 Å². The van der Waals surface area contributed by atoms with Crippen molar-refractivity contribution in [3.05, 3.63) is 69.2 Å². The van der Waals surface area contributed by atoms with Gasteiger partial charge in [-0.2, -0.15) is 5.26 Å². The van der Waals surface area contributed by atoms with Crippen molar-refractivity contribution in [3.63, 3.8) is 0 Å². The molecular weight excluding hydrogens is 305 g/mol. The summed E-state index contributed by atoms with van der Waals surface area (Å²) >= 11 is 12.1. The van der Waals surface area contributed by atoms with Crippen molar-refractivity contribution in [2.75, 3.05) is 0 Å². The molecule has 0 aliphatic heterocycles. The molecule has 2 atom stereocenters. The Kier molecular flexibility index (Phi) is 3.67. The molecule has 2 aromatic rings. The monoisotopic (exact) mass is 317 g/mol. The van der Waals surface area contributed by atoms with Crippen molar-refractivity contribution in [3.8, 4) is 6.07 Å². The second kappa shape index (κ2) is 5.35. The predicted molar refractivity (Wildman–Crippen MR) is 83.5 cm³/mol. The van der Waals surface area contributed by atoms with Crippen molar-refractivity contribution in [2.24, 2.45) is 0 Å². The zero-order chi connectivity index (χ0) is 15.0. The lowest BCUT2D eigenvalue weighted by atomic mass is 9.75. The lowest BCUT2D eigenvalue weighted by molar-refractivity contribution is 0.111. The molecule has 1 aliphatic rings. The molecule has 0 saturated carbocycles. The Hall–Kier alpha value is -1.53. The smallest absolute Gasteiger partial charge is 0.113 e. The molecule has 0 heterocycles. The van der Waals surface area contributed by atoms with Gasteiger partial charge in [0.15, 0.2) is 0 Å². The number of hydrogen-bond donors (Lipinski definition) is 1. The molecule has 2 aromatic carbocycles. The van der Waals surface area contributed by atoms with Crippen molar-refractivity contribution in [2.45, 2.75) is 24.4 Å². The van der Waals surface area contributed by atoms with E-state index in [9.17, 15) is 10.4 Å². The van der Waals surface area contributed by atoms with E-state index in [1.165, 1.54) is 0 Å². The first kappa shape index (κ1) is 14.4. The van der Waals surface area contributed by atoms with Crippen LogP contribution >= 0.6 is 23.2 Å². The molecule has 1 N–H and O–H groups in total. The number of halogens is 2. The summed E-state index contributed by atoms with van der Waals surface area (Å²) in [5.74, 6) is 0. The maximum absolute atomic E-state index is 10.8. The van der Waals surface area contributed by atoms with Gasteiger partial charge in [-0.15, -0.1) is 0 Å². The normalized spacial score (nSPS) is 21.6. The van der Waals surface area contributed by atoms with Gasteiger partial charge in [0.2, 0.25) is 0 Å². The summed E-state index contributed by atoms with van der Waals surface area (Å²) in [5.41, 5.74) is 1.60. The van der Waals surface area contributed by atoms with Gasteiger partial charge in [-0.1, -0.05) is 53.5 Å². The van der Waals surface area contributed by atoms with Crippen molar-refractivity contribution >= 4 is 23.2 Å². The molecule has 0 spiro atoms. The van der Waals surface area contributed by atoms with Crippen LogP contribution in [0.5, 0.6) is 0 Å². The molecule has 0 aromatic heterocycles. The fraction of sp³-hybridized carbons (Fsp3) is 0.235.